The number of fused-ring (bicyclic) bond motifs is 1. The number of rotatable bonds is 9. The maximum Gasteiger partial charge on any atom is 0.253 e. The zero-order valence-corrected chi connectivity index (χ0v) is 23.2. The zero-order chi connectivity index (χ0) is 25.8. The highest BCUT2D eigenvalue weighted by molar-refractivity contribution is 8.24. The number of carbonyl (C=O) groups excluding carboxylic acids is 1. The maximum absolute atomic E-state index is 12.5. The van der Waals surface area contributed by atoms with E-state index in [-0.39, 0.29) is 17.1 Å². The Bertz CT molecular complexity index is 1020. The van der Waals surface area contributed by atoms with Gasteiger partial charge in [-0.2, -0.15) is 10.6 Å². The summed E-state index contributed by atoms with van der Waals surface area (Å²) in [7, 11) is 0.329. The van der Waals surface area contributed by atoms with Gasteiger partial charge >= 0.3 is 0 Å². The first-order valence-corrected chi connectivity index (χ1v) is 15.3. The molecule has 6 nitrogen and oxygen atoms in total. The third-order valence-corrected chi connectivity index (χ3v) is 9.67. The minimum Gasteiger partial charge on any atom is -0.507 e. The molecule has 2 aromatic rings. The largest absolute Gasteiger partial charge is 0.507 e. The Morgan fingerprint density at radius 2 is 1.69 bits per heavy atom. The molecule has 0 radical (unpaired) electrons. The molecular weight excluding hydrogens is 480 g/mol. The summed E-state index contributed by atoms with van der Waals surface area (Å²) < 4.78 is 23.0. The Hall–Kier alpha value is -1.87. The van der Waals surface area contributed by atoms with Crippen molar-refractivity contribution in [3.63, 3.8) is 0 Å². The van der Waals surface area contributed by atoms with E-state index in [4.69, 9.17) is 0 Å². The normalized spacial score (nSPS) is 17.4. The molecule has 3 N–H and O–H groups in total. The van der Waals surface area contributed by atoms with Gasteiger partial charge in [0.2, 0.25) is 0 Å². The number of nitrogens with zero attached hydrogens (tertiary/aromatic N) is 2. The smallest absolute Gasteiger partial charge is 0.253 e. The van der Waals surface area contributed by atoms with Crippen LogP contribution in [0.4, 0.5) is 11.4 Å². The molecule has 0 saturated heterocycles. The number of hydrogen-bond acceptors (Lipinski definition) is 6. The number of hydrogen-bond donors (Lipinski definition) is 3. The highest BCUT2D eigenvalue weighted by atomic mass is 32.3. The lowest BCUT2D eigenvalue weighted by molar-refractivity contribution is 0.0827. The lowest BCUT2D eigenvalue weighted by atomic mass is 9.79. The van der Waals surface area contributed by atoms with E-state index in [1.165, 1.54) is 11.8 Å². The molecule has 8 heteroatoms. The average Bonchev–Trinajstić information content (AvgIpc) is 2.92. The number of benzene rings is 2. The second-order valence-corrected chi connectivity index (χ2v) is 12.8. The van der Waals surface area contributed by atoms with Crippen LogP contribution in [-0.2, 0) is 0 Å². The van der Waals surface area contributed by atoms with Gasteiger partial charge in [-0.05, 0) is 49.4 Å². The van der Waals surface area contributed by atoms with E-state index in [0.29, 0.717) is 33.3 Å². The molecule has 1 aliphatic rings. The molecule has 0 aromatic heterocycles. The van der Waals surface area contributed by atoms with E-state index in [2.05, 4.69) is 18.7 Å². The summed E-state index contributed by atoms with van der Waals surface area (Å²) in [5.41, 5.74) is 1.94. The van der Waals surface area contributed by atoms with Crippen LogP contribution in [0.25, 0.3) is 0 Å². The SMILES string of the molecule is CCCCC1(CCCC)CN(c2ccc(C(=O)N(C)C)cc2)c2cc(SC)c(O)cc2S(O)(O)C1. The summed E-state index contributed by atoms with van der Waals surface area (Å²) >= 11 is 1.43. The fourth-order valence-electron chi connectivity index (χ4n) is 4.95. The maximum atomic E-state index is 12.5. The molecule has 0 spiro atoms. The van der Waals surface area contributed by atoms with E-state index in [1.54, 1.807) is 25.1 Å². The van der Waals surface area contributed by atoms with Crippen molar-refractivity contribution < 1.29 is 19.0 Å². The summed E-state index contributed by atoms with van der Waals surface area (Å²) in [4.78, 5) is 17.3. The van der Waals surface area contributed by atoms with Crippen LogP contribution < -0.4 is 4.90 Å². The van der Waals surface area contributed by atoms with Gasteiger partial charge < -0.3 is 14.9 Å². The molecule has 1 amide bonds. The number of thioether (sulfide) groups is 1. The minimum atomic E-state index is -3.14. The molecule has 0 unspecified atom stereocenters. The van der Waals surface area contributed by atoms with Gasteiger partial charge in [-0.15, -0.1) is 11.8 Å². The van der Waals surface area contributed by atoms with Gasteiger partial charge in [0.15, 0.2) is 0 Å². The van der Waals surface area contributed by atoms with Crippen LogP contribution >= 0.6 is 22.4 Å². The van der Waals surface area contributed by atoms with Crippen LogP contribution in [0.1, 0.15) is 62.7 Å². The van der Waals surface area contributed by atoms with Gasteiger partial charge in [0.05, 0.1) is 15.5 Å². The predicted molar refractivity (Wildman–Crippen MR) is 149 cm³/mol. The second kappa shape index (κ2) is 11.5. The summed E-state index contributed by atoms with van der Waals surface area (Å²) in [6.07, 6.45) is 7.82. The van der Waals surface area contributed by atoms with Crippen molar-refractivity contribution in [2.45, 2.75) is 62.2 Å². The van der Waals surface area contributed by atoms with Crippen molar-refractivity contribution in [1.29, 1.82) is 0 Å². The third kappa shape index (κ3) is 6.10. The predicted octanol–water partition coefficient (Wildman–Crippen LogP) is 7.44. The first-order chi connectivity index (χ1) is 16.6. The fourth-order valence-corrected chi connectivity index (χ4v) is 7.64. The first-order valence-electron chi connectivity index (χ1n) is 12.3. The lowest BCUT2D eigenvalue weighted by Gasteiger charge is -2.42. The molecule has 0 atom stereocenters. The van der Waals surface area contributed by atoms with E-state index in [0.717, 1.165) is 44.2 Å². The standard InChI is InChI=1S/C27H40N2O4S2/c1-6-8-14-27(15-9-7-2)18-29(21-12-10-20(11-13-21)26(31)28(3)4)22-16-24(34-5)23(30)17-25(22)35(32,33)19-27/h10-13,16-17,30,32-33H,6-9,14-15,18-19H2,1-5H3. The van der Waals surface area contributed by atoms with E-state index in [1.807, 2.05) is 36.6 Å². The van der Waals surface area contributed by atoms with Gasteiger partial charge in [0.1, 0.15) is 5.75 Å². The number of aromatic hydroxyl groups is 1. The topological polar surface area (TPSA) is 84.2 Å². The Labute approximate surface area is 216 Å². The van der Waals surface area contributed by atoms with Crippen LogP contribution in [0.3, 0.4) is 0 Å². The summed E-state index contributed by atoms with van der Waals surface area (Å²) in [6, 6.07) is 11.0. The molecule has 1 heterocycles. The quantitative estimate of drug-likeness (QED) is 0.298. The molecule has 3 rings (SSSR count). The van der Waals surface area contributed by atoms with Crippen molar-refractivity contribution >= 4 is 39.6 Å². The van der Waals surface area contributed by atoms with Crippen molar-refractivity contribution in [1.82, 2.24) is 4.90 Å². The monoisotopic (exact) mass is 520 g/mol. The highest BCUT2D eigenvalue weighted by Gasteiger charge is 2.42. The Morgan fingerprint density at radius 3 is 2.20 bits per heavy atom. The minimum absolute atomic E-state index is 0.0585. The van der Waals surface area contributed by atoms with Crippen molar-refractivity contribution in [3.05, 3.63) is 42.0 Å². The molecule has 1 aliphatic heterocycles. The number of amides is 1. The van der Waals surface area contributed by atoms with Crippen LogP contribution in [0, 0.1) is 5.41 Å². The summed E-state index contributed by atoms with van der Waals surface area (Å²) in [5, 5.41) is 10.6. The van der Waals surface area contributed by atoms with Crippen LogP contribution in [-0.4, -0.2) is 57.7 Å². The van der Waals surface area contributed by atoms with Crippen molar-refractivity contribution in [3.8, 4) is 5.75 Å². The summed E-state index contributed by atoms with van der Waals surface area (Å²) in [5.74, 6) is 0.299. The Balaban J connectivity index is 2.20. The highest BCUT2D eigenvalue weighted by Crippen LogP contribution is 2.62. The number of phenols is 1. The summed E-state index contributed by atoms with van der Waals surface area (Å²) in [6.45, 7) is 4.98. The van der Waals surface area contributed by atoms with Gasteiger partial charge in [-0.1, -0.05) is 39.5 Å². The van der Waals surface area contributed by atoms with Crippen LogP contribution in [0.2, 0.25) is 0 Å². The Morgan fingerprint density at radius 1 is 1.09 bits per heavy atom. The molecular formula is C27H40N2O4S2. The van der Waals surface area contributed by atoms with E-state index >= 15 is 0 Å². The van der Waals surface area contributed by atoms with Crippen molar-refractivity contribution in [2.24, 2.45) is 5.41 Å². The zero-order valence-electron chi connectivity index (χ0n) is 21.6. The molecule has 2 aromatic carbocycles. The molecule has 0 bridgehead atoms. The first kappa shape index (κ1) is 27.7. The van der Waals surface area contributed by atoms with Gasteiger partial charge in [0.25, 0.3) is 5.91 Å². The molecule has 0 saturated carbocycles. The van der Waals surface area contributed by atoms with E-state index < -0.39 is 10.6 Å². The molecule has 35 heavy (non-hydrogen) atoms. The Kier molecular flexibility index (Phi) is 9.07. The third-order valence-electron chi connectivity index (χ3n) is 6.86. The van der Waals surface area contributed by atoms with E-state index in [9.17, 15) is 19.0 Å². The van der Waals surface area contributed by atoms with Gasteiger partial charge in [0, 0.05) is 49.1 Å². The number of phenolic OH excluding ortho intramolecular Hbond substituents is 1. The fraction of sp³-hybridized carbons (Fsp3) is 0.519. The van der Waals surface area contributed by atoms with Crippen LogP contribution in [0.15, 0.2) is 46.2 Å². The molecule has 0 aliphatic carbocycles. The lowest BCUT2D eigenvalue weighted by Crippen LogP contribution is -2.38. The molecule has 194 valence electrons. The number of carbonyl (C=O) groups is 1. The number of anilines is 2. The number of unbranched alkanes of at least 4 members (excludes halogenated alkanes) is 2. The van der Waals surface area contributed by atoms with Gasteiger partial charge in [-0.25, -0.2) is 0 Å². The van der Waals surface area contributed by atoms with Crippen molar-refractivity contribution in [2.75, 3.05) is 37.5 Å². The second-order valence-electron chi connectivity index (χ2n) is 9.84. The van der Waals surface area contributed by atoms with Crippen LogP contribution in [0.5, 0.6) is 5.75 Å². The van der Waals surface area contributed by atoms with Gasteiger partial charge in [-0.3, -0.25) is 13.9 Å². The molecule has 0 fully saturated rings. The average molecular weight is 521 g/mol.